The van der Waals surface area contributed by atoms with Crippen LogP contribution in [-0.4, -0.2) is 5.91 Å². The SMILES string of the molecule is CC(C)=CC(=O)N[C@H](c1cccs1)C1CCCC1. The maximum Gasteiger partial charge on any atom is 0.244 e. The fraction of sp³-hybridized carbons (Fsp3) is 0.533. The molecule has 1 aromatic rings. The summed E-state index contributed by atoms with van der Waals surface area (Å²) in [5.41, 5.74) is 1.05. The second kappa shape index (κ2) is 6.19. The number of allylic oxidation sites excluding steroid dienone is 1. The van der Waals surface area contributed by atoms with E-state index in [0.29, 0.717) is 5.92 Å². The van der Waals surface area contributed by atoms with Crippen molar-refractivity contribution in [2.75, 3.05) is 0 Å². The van der Waals surface area contributed by atoms with Crippen molar-refractivity contribution in [2.24, 2.45) is 5.92 Å². The molecule has 1 amide bonds. The van der Waals surface area contributed by atoms with Gasteiger partial charge in [-0.25, -0.2) is 0 Å². The Bertz CT molecular complexity index is 412. The van der Waals surface area contributed by atoms with Gasteiger partial charge in [0.05, 0.1) is 6.04 Å². The summed E-state index contributed by atoms with van der Waals surface area (Å²) in [6.07, 6.45) is 6.75. The molecule has 2 nitrogen and oxygen atoms in total. The van der Waals surface area contributed by atoms with E-state index in [9.17, 15) is 4.79 Å². The number of hydrogen-bond acceptors (Lipinski definition) is 2. The molecular formula is C15H21NOS. The standard InChI is InChI=1S/C15H21NOS/c1-11(2)10-14(17)16-15(12-6-3-4-7-12)13-8-5-9-18-13/h5,8-10,12,15H,3-4,6-7H2,1-2H3,(H,16,17)/t15-/m0/s1. The van der Waals surface area contributed by atoms with Crippen LogP contribution in [0.5, 0.6) is 0 Å². The van der Waals surface area contributed by atoms with Gasteiger partial charge in [-0.15, -0.1) is 11.3 Å². The summed E-state index contributed by atoms with van der Waals surface area (Å²) in [7, 11) is 0. The van der Waals surface area contributed by atoms with Crippen molar-refractivity contribution in [3.63, 3.8) is 0 Å². The molecule has 1 fully saturated rings. The Balaban J connectivity index is 2.10. The monoisotopic (exact) mass is 263 g/mol. The van der Waals surface area contributed by atoms with Gasteiger partial charge in [-0.05, 0) is 44.1 Å². The maximum absolute atomic E-state index is 11.9. The zero-order valence-electron chi connectivity index (χ0n) is 11.1. The van der Waals surface area contributed by atoms with Gasteiger partial charge >= 0.3 is 0 Å². The van der Waals surface area contributed by atoms with Gasteiger partial charge in [0, 0.05) is 11.0 Å². The van der Waals surface area contributed by atoms with E-state index in [1.807, 2.05) is 13.8 Å². The Morgan fingerprint density at radius 2 is 2.17 bits per heavy atom. The highest BCUT2D eigenvalue weighted by Gasteiger charge is 2.27. The topological polar surface area (TPSA) is 29.1 Å². The molecule has 1 aliphatic carbocycles. The van der Waals surface area contributed by atoms with Crippen LogP contribution >= 0.6 is 11.3 Å². The highest BCUT2D eigenvalue weighted by molar-refractivity contribution is 7.10. The number of amides is 1. The van der Waals surface area contributed by atoms with Crippen molar-refractivity contribution in [1.82, 2.24) is 5.32 Å². The van der Waals surface area contributed by atoms with Gasteiger partial charge in [0.1, 0.15) is 0 Å². The van der Waals surface area contributed by atoms with E-state index in [-0.39, 0.29) is 11.9 Å². The van der Waals surface area contributed by atoms with Gasteiger partial charge in [0.2, 0.25) is 5.91 Å². The first-order valence-electron chi connectivity index (χ1n) is 6.65. The first-order chi connectivity index (χ1) is 8.66. The van der Waals surface area contributed by atoms with E-state index in [1.165, 1.54) is 30.6 Å². The summed E-state index contributed by atoms with van der Waals surface area (Å²) in [5.74, 6) is 0.651. The Labute approximate surface area is 113 Å². The van der Waals surface area contributed by atoms with Crippen molar-refractivity contribution < 1.29 is 4.79 Å². The minimum absolute atomic E-state index is 0.0419. The first-order valence-corrected chi connectivity index (χ1v) is 7.53. The van der Waals surface area contributed by atoms with Crippen molar-refractivity contribution in [2.45, 2.75) is 45.6 Å². The third-order valence-corrected chi connectivity index (χ3v) is 4.39. The smallest absolute Gasteiger partial charge is 0.244 e. The summed E-state index contributed by atoms with van der Waals surface area (Å²) in [5, 5.41) is 5.28. The molecule has 1 heterocycles. The molecular weight excluding hydrogens is 242 g/mol. The Hall–Kier alpha value is -1.09. The molecule has 1 saturated carbocycles. The van der Waals surface area contributed by atoms with E-state index in [1.54, 1.807) is 17.4 Å². The lowest BCUT2D eigenvalue weighted by molar-refractivity contribution is -0.117. The third kappa shape index (κ3) is 3.45. The lowest BCUT2D eigenvalue weighted by atomic mass is 9.96. The molecule has 0 aromatic carbocycles. The molecule has 0 radical (unpaired) electrons. The van der Waals surface area contributed by atoms with Crippen LogP contribution in [0.1, 0.15) is 50.4 Å². The van der Waals surface area contributed by atoms with Crippen molar-refractivity contribution >= 4 is 17.2 Å². The summed E-state index contributed by atoms with van der Waals surface area (Å²) in [6, 6.07) is 4.40. The van der Waals surface area contributed by atoms with E-state index in [4.69, 9.17) is 0 Å². The number of rotatable bonds is 4. The van der Waals surface area contributed by atoms with Crippen molar-refractivity contribution in [3.8, 4) is 0 Å². The van der Waals surface area contributed by atoms with Crippen LogP contribution in [0.2, 0.25) is 0 Å². The largest absolute Gasteiger partial charge is 0.345 e. The molecule has 0 aliphatic heterocycles. The number of thiophene rings is 1. The first kappa shape index (κ1) is 13.3. The average molecular weight is 263 g/mol. The van der Waals surface area contributed by atoms with Gasteiger partial charge in [-0.1, -0.05) is 24.5 Å². The van der Waals surface area contributed by atoms with Gasteiger partial charge in [0.25, 0.3) is 0 Å². The van der Waals surface area contributed by atoms with Gasteiger partial charge < -0.3 is 5.32 Å². The minimum atomic E-state index is 0.0419. The van der Waals surface area contributed by atoms with Crippen LogP contribution in [0.15, 0.2) is 29.2 Å². The fourth-order valence-corrected chi connectivity index (χ4v) is 3.51. The molecule has 1 N–H and O–H groups in total. The number of carbonyl (C=O) groups is 1. The summed E-state index contributed by atoms with van der Waals surface area (Å²) < 4.78 is 0. The molecule has 3 heteroatoms. The Morgan fingerprint density at radius 1 is 1.44 bits per heavy atom. The lowest BCUT2D eigenvalue weighted by Crippen LogP contribution is -2.31. The van der Waals surface area contributed by atoms with Gasteiger partial charge in [0.15, 0.2) is 0 Å². The number of nitrogens with one attached hydrogen (secondary N) is 1. The van der Waals surface area contributed by atoms with E-state index >= 15 is 0 Å². The minimum Gasteiger partial charge on any atom is -0.345 e. The predicted octanol–water partition coefficient (Wildman–Crippen LogP) is 4.06. The fourth-order valence-electron chi connectivity index (χ4n) is 2.64. The highest BCUT2D eigenvalue weighted by Crippen LogP contribution is 2.37. The van der Waals surface area contributed by atoms with Crippen molar-refractivity contribution in [1.29, 1.82) is 0 Å². The van der Waals surface area contributed by atoms with E-state index in [2.05, 4.69) is 22.8 Å². The second-order valence-electron chi connectivity index (χ2n) is 5.27. The normalized spacial score (nSPS) is 17.4. The second-order valence-corrected chi connectivity index (χ2v) is 6.25. The van der Waals surface area contributed by atoms with Crippen LogP contribution in [0.3, 0.4) is 0 Å². The van der Waals surface area contributed by atoms with Gasteiger partial charge in [-0.3, -0.25) is 4.79 Å². The van der Waals surface area contributed by atoms with Crippen LogP contribution in [0.4, 0.5) is 0 Å². The molecule has 1 aromatic heterocycles. The molecule has 1 atom stereocenters. The molecule has 0 unspecified atom stereocenters. The van der Waals surface area contributed by atoms with Crippen LogP contribution < -0.4 is 5.32 Å². The van der Waals surface area contributed by atoms with Crippen molar-refractivity contribution in [3.05, 3.63) is 34.0 Å². The highest BCUT2D eigenvalue weighted by atomic mass is 32.1. The summed E-state index contributed by atoms with van der Waals surface area (Å²) in [4.78, 5) is 13.2. The Morgan fingerprint density at radius 3 is 2.72 bits per heavy atom. The quantitative estimate of drug-likeness (QED) is 0.815. The molecule has 0 saturated heterocycles. The summed E-state index contributed by atoms with van der Waals surface area (Å²) >= 11 is 1.74. The molecule has 1 aliphatic rings. The molecule has 0 spiro atoms. The zero-order valence-corrected chi connectivity index (χ0v) is 11.9. The summed E-state index contributed by atoms with van der Waals surface area (Å²) in [6.45, 7) is 3.91. The van der Waals surface area contributed by atoms with Crippen LogP contribution in [0.25, 0.3) is 0 Å². The molecule has 0 bridgehead atoms. The molecule has 2 rings (SSSR count). The predicted molar refractivity (Wildman–Crippen MR) is 76.6 cm³/mol. The van der Waals surface area contributed by atoms with Crippen LogP contribution in [-0.2, 0) is 4.79 Å². The van der Waals surface area contributed by atoms with Gasteiger partial charge in [-0.2, -0.15) is 0 Å². The molecule has 18 heavy (non-hydrogen) atoms. The third-order valence-electron chi connectivity index (χ3n) is 3.44. The maximum atomic E-state index is 11.9. The molecule has 98 valence electrons. The van der Waals surface area contributed by atoms with E-state index in [0.717, 1.165) is 5.57 Å². The average Bonchev–Trinajstić information content (AvgIpc) is 2.98. The zero-order chi connectivity index (χ0) is 13.0. The van der Waals surface area contributed by atoms with Crippen LogP contribution in [0, 0.1) is 5.92 Å². The number of carbonyl (C=O) groups excluding carboxylic acids is 1. The lowest BCUT2D eigenvalue weighted by Gasteiger charge is -2.23. The Kier molecular flexibility index (Phi) is 4.59. The number of hydrogen-bond donors (Lipinski definition) is 1. The van der Waals surface area contributed by atoms with E-state index < -0.39 is 0 Å².